The third-order valence-electron chi connectivity index (χ3n) is 6.31. The van der Waals surface area contributed by atoms with Crippen LogP contribution >= 0.6 is 11.6 Å². The molecule has 5 rings (SSSR count). The van der Waals surface area contributed by atoms with Crippen LogP contribution in [0.25, 0.3) is 22.0 Å². The zero-order chi connectivity index (χ0) is 24.4. The van der Waals surface area contributed by atoms with E-state index in [9.17, 15) is 10.2 Å². The second kappa shape index (κ2) is 10.1. The Hall–Kier alpha value is -3.39. The Bertz CT molecular complexity index is 1350. The molecule has 1 saturated heterocycles. The average Bonchev–Trinajstić information content (AvgIpc) is 2.85. The second-order valence-electron chi connectivity index (χ2n) is 8.87. The number of rotatable bonds is 6. The van der Waals surface area contributed by atoms with Crippen molar-refractivity contribution < 1.29 is 10.2 Å². The summed E-state index contributed by atoms with van der Waals surface area (Å²) in [5, 5.41) is 23.8. The van der Waals surface area contributed by atoms with E-state index >= 15 is 0 Å². The van der Waals surface area contributed by atoms with Crippen LogP contribution in [0, 0.1) is 6.92 Å². The van der Waals surface area contributed by atoms with Crippen LogP contribution in [0.15, 0.2) is 60.8 Å². The molecule has 0 bridgehead atoms. The molecule has 1 aliphatic rings. The molecule has 0 saturated carbocycles. The Morgan fingerprint density at radius 3 is 2.63 bits per heavy atom. The number of aromatic hydroxyl groups is 1. The number of fused-ring (bicyclic) bond motifs is 1. The van der Waals surface area contributed by atoms with Gasteiger partial charge in [-0.3, -0.25) is 4.90 Å². The number of benzene rings is 3. The van der Waals surface area contributed by atoms with E-state index in [1.165, 1.54) is 5.69 Å². The number of halogens is 1. The molecule has 1 aromatic heterocycles. The number of piperazine rings is 1. The van der Waals surface area contributed by atoms with E-state index in [-0.39, 0.29) is 12.4 Å². The summed E-state index contributed by atoms with van der Waals surface area (Å²) in [6.45, 7) is 6.78. The summed E-state index contributed by atoms with van der Waals surface area (Å²) >= 11 is 6.33. The van der Waals surface area contributed by atoms with Crippen LogP contribution in [0.3, 0.4) is 0 Å². The maximum Gasteiger partial charge on any atom is 0.227 e. The van der Waals surface area contributed by atoms with Crippen molar-refractivity contribution >= 4 is 39.8 Å². The van der Waals surface area contributed by atoms with Crippen LogP contribution in [0.4, 0.5) is 17.3 Å². The number of aliphatic hydroxyl groups excluding tert-OH is 1. The smallest absolute Gasteiger partial charge is 0.227 e. The highest BCUT2D eigenvalue weighted by Crippen LogP contribution is 2.33. The van der Waals surface area contributed by atoms with E-state index in [1.54, 1.807) is 24.4 Å². The Morgan fingerprint density at radius 1 is 1.00 bits per heavy atom. The van der Waals surface area contributed by atoms with Gasteiger partial charge in [0, 0.05) is 66.3 Å². The first-order valence-corrected chi connectivity index (χ1v) is 12.1. The third-order valence-corrected chi connectivity index (χ3v) is 6.64. The van der Waals surface area contributed by atoms with Crippen molar-refractivity contribution in [1.82, 2.24) is 14.9 Å². The Morgan fingerprint density at radius 2 is 1.83 bits per heavy atom. The van der Waals surface area contributed by atoms with Gasteiger partial charge >= 0.3 is 0 Å². The molecule has 1 aliphatic heterocycles. The van der Waals surface area contributed by atoms with Crippen molar-refractivity contribution in [2.75, 3.05) is 49.5 Å². The van der Waals surface area contributed by atoms with Crippen molar-refractivity contribution in [2.24, 2.45) is 0 Å². The van der Waals surface area contributed by atoms with Gasteiger partial charge in [-0.15, -0.1) is 0 Å². The Kier molecular flexibility index (Phi) is 6.72. The molecule has 0 amide bonds. The van der Waals surface area contributed by atoms with Gasteiger partial charge in [-0.25, -0.2) is 9.97 Å². The first kappa shape index (κ1) is 23.4. The van der Waals surface area contributed by atoms with E-state index in [0.29, 0.717) is 11.0 Å². The van der Waals surface area contributed by atoms with Gasteiger partial charge in [0.2, 0.25) is 5.95 Å². The van der Waals surface area contributed by atoms with Crippen LogP contribution in [-0.2, 0) is 0 Å². The SMILES string of the molecule is Cc1cc(Nc2ncc3cc(-c4cc(O)ccc4Cl)ccc3n2)cc(N2CCN(CCO)CC2)c1. The van der Waals surface area contributed by atoms with E-state index in [4.69, 9.17) is 16.6 Å². The fourth-order valence-electron chi connectivity index (χ4n) is 4.51. The fraction of sp³-hybridized carbons (Fsp3) is 0.259. The van der Waals surface area contributed by atoms with Crippen molar-refractivity contribution in [2.45, 2.75) is 6.92 Å². The topological polar surface area (TPSA) is 84.8 Å². The summed E-state index contributed by atoms with van der Waals surface area (Å²) in [6, 6.07) is 17.2. The number of phenolic OH excluding ortho intramolecular Hbond substituents is 1. The molecular formula is C27H28ClN5O2. The minimum atomic E-state index is 0.171. The van der Waals surface area contributed by atoms with E-state index in [1.807, 2.05) is 18.2 Å². The van der Waals surface area contributed by atoms with E-state index in [2.05, 4.69) is 45.2 Å². The summed E-state index contributed by atoms with van der Waals surface area (Å²) in [5.74, 6) is 0.704. The summed E-state index contributed by atoms with van der Waals surface area (Å²) < 4.78 is 0. The average molecular weight is 490 g/mol. The number of aromatic nitrogens is 2. The number of phenols is 1. The molecule has 4 aromatic rings. The minimum absolute atomic E-state index is 0.171. The molecule has 0 unspecified atom stereocenters. The van der Waals surface area contributed by atoms with Gasteiger partial charge in [-0.2, -0.15) is 0 Å². The zero-order valence-corrected chi connectivity index (χ0v) is 20.3. The quantitative estimate of drug-likeness (QED) is 0.358. The van der Waals surface area contributed by atoms with E-state index in [0.717, 1.165) is 66.0 Å². The largest absolute Gasteiger partial charge is 0.508 e. The number of anilines is 3. The second-order valence-corrected chi connectivity index (χ2v) is 9.27. The summed E-state index contributed by atoms with van der Waals surface area (Å²) in [6.07, 6.45) is 1.79. The van der Waals surface area contributed by atoms with Crippen molar-refractivity contribution in [3.63, 3.8) is 0 Å². The highest BCUT2D eigenvalue weighted by Gasteiger charge is 2.17. The molecule has 0 radical (unpaired) electrons. The van der Waals surface area contributed by atoms with Crippen LogP contribution in [0.2, 0.25) is 5.02 Å². The van der Waals surface area contributed by atoms with E-state index < -0.39 is 0 Å². The number of nitrogens with zero attached hydrogens (tertiary/aromatic N) is 4. The Balaban J connectivity index is 1.35. The summed E-state index contributed by atoms with van der Waals surface area (Å²) in [5.41, 5.74) is 5.75. The van der Waals surface area contributed by atoms with Crippen LogP contribution in [-0.4, -0.2) is 64.4 Å². The van der Waals surface area contributed by atoms with Gasteiger partial charge in [0.25, 0.3) is 0 Å². The maximum atomic E-state index is 9.84. The number of aliphatic hydroxyl groups is 1. The fourth-order valence-corrected chi connectivity index (χ4v) is 4.74. The lowest BCUT2D eigenvalue weighted by Gasteiger charge is -2.36. The minimum Gasteiger partial charge on any atom is -0.508 e. The summed E-state index contributed by atoms with van der Waals surface area (Å²) in [4.78, 5) is 13.9. The van der Waals surface area contributed by atoms with Gasteiger partial charge in [0.15, 0.2) is 0 Å². The van der Waals surface area contributed by atoms with Crippen molar-refractivity contribution in [3.05, 3.63) is 71.4 Å². The lowest BCUT2D eigenvalue weighted by molar-refractivity contribution is 0.189. The van der Waals surface area contributed by atoms with Gasteiger partial charge in [-0.05, 0) is 66.6 Å². The zero-order valence-electron chi connectivity index (χ0n) is 19.6. The lowest BCUT2D eigenvalue weighted by Crippen LogP contribution is -2.47. The molecule has 3 aromatic carbocycles. The molecule has 0 atom stereocenters. The normalized spacial score (nSPS) is 14.4. The highest BCUT2D eigenvalue weighted by atomic mass is 35.5. The molecule has 7 nitrogen and oxygen atoms in total. The van der Waals surface area contributed by atoms with Crippen LogP contribution in [0.1, 0.15) is 5.56 Å². The molecule has 35 heavy (non-hydrogen) atoms. The standard InChI is InChI=1S/C27H28ClN5O2/c1-18-12-21(15-22(13-18)33-8-6-32(7-9-33)10-11-34)30-27-29-17-20-14-19(2-5-26(20)31-27)24-16-23(35)3-4-25(24)28/h2-5,12-17,34-35H,6-11H2,1H3,(H,29,30,31). The Labute approximate surface area is 209 Å². The number of hydrogen-bond acceptors (Lipinski definition) is 7. The molecule has 1 fully saturated rings. The molecule has 3 N–H and O–H groups in total. The van der Waals surface area contributed by atoms with Crippen molar-refractivity contribution in [3.8, 4) is 16.9 Å². The first-order valence-electron chi connectivity index (χ1n) is 11.7. The van der Waals surface area contributed by atoms with Crippen LogP contribution in [0.5, 0.6) is 5.75 Å². The molecule has 0 aliphatic carbocycles. The molecule has 180 valence electrons. The number of hydrogen-bond donors (Lipinski definition) is 3. The third kappa shape index (κ3) is 5.32. The van der Waals surface area contributed by atoms with Gasteiger partial charge in [-0.1, -0.05) is 17.7 Å². The first-order chi connectivity index (χ1) is 17.0. The monoisotopic (exact) mass is 489 g/mol. The molecular weight excluding hydrogens is 462 g/mol. The van der Waals surface area contributed by atoms with Gasteiger partial charge in [0.05, 0.1) is 12.1 Å². The predicted octanol–water partition coefficient (Wildman–Crippen LogP) is 4.82. The molecule has 0 spiro atoms. The lowest BCUT2D eigenvalue weighted by atomic mass is 10.0. The molecule has 2 heterocycles. The van der Waals surface area contributed by atoms with Gasteiger partial charge in [0.1, 0.15) is 5.75 Å². The van der Waals surface area contributed by atoms with Crippen molar-refractivity contribution in [1.29, 1.82) is 0 Å². The molecule has 8 heteroatoms. The number of β-amino-alcohol motifs (C(OH)–C–C–N with tert-alkyl or cyclic N) is 1. The predicted molar refractivity (Wildman–Crippen MR) is 142 cm³/mol. The highest BCUT2D eigenvalue weighted by molar-refractivity contribution is 6.33. The maximum absolute atomic E-state index is 9.84. The number of nitrogens with one attached hydrogen (secondary N) is 1. The van der Waals surface area contributed by atoms with Gasteiger partial charge < -0.3 is 20.4 Å². The van der Waals surface area contributed by atoms with Crippen LogP contribution < -0.4 is 10.2 Å². The number of aryl methyl sites for hydroxylation is 1. The summed E-state index contributed by atoms with van der Waals surface area (Å²) in [7, 11) is 0.